The van der Waals surface area contributed by atoms with Gasteiger partial charge in [-0.05, 0) is 44.0 Å². The molecule has 0 aromatic heterocycles. The number of rotatable bonds is 6. The van der Waals surface area contributed by atoms with Crippen molar-refractivity contribution in [2.45, 2.75) is 20.8 Å². The fourth-order valence-corrected chi connectivity index (χ4v) is 2.39. The van der Waals surface area contributed by atoms with Crippen LogP contribution in [0.25, 0.3) is 0 Å². The number of aryl methyl sites for hydroxylation is 2. The summed E-state index contributed by atoms with van der Waals surface area (Å²) in [6.07, 6.45) is 0. The third-order valence-electron chi connectivity index (χ3n) is 3.59. The highest BCUT2D eigenvalue weighted by atomic mass is 16.5. The van der Waals surface area contributed by atoms with Gasteiger partial charge in [0.2, 0.25) is 5.91 Å². The molecule has 0 aliphatic rings. The number of carbonyl (C=O) groups is 2. The molecule has 2 rings (SSSR count). The van der Waals surface area contributed by atoms with Crippen LogP contribution in [0.1, 0.15) is 28.4 Å². The minimum absolute atomic E-state index is 0.104. The molecule has 2 amide bonds. The number of benzene rings is 2. The molecule has 2 aromatic carbocycles. The van der Waals surface area contributed by atoms with Crippen LogP contribution in [-0.2, 0) is 4.79 Å². The molecule has 2 aromatic rings. The Hall–Kier alpha value is -2.82. The van der Waals surface area contributed by atoms with E-state index in [0.717, 1.165) is 16.8 Å². The van der Waals surface area contributed by atoms with Gasteiger partial charge in [-0.2, -0.15) is 0 Å². The van der Waals surface area contributed by atoms with E-state index in [2.05, 4.69) is 10.6 Å². The van der Waals surface area contributed by atoms with Crippen LogP contribution in [-0.4, -0.2) is 25.0 Å². The van der Waals surface area contributed by atoms with Gasteiger partial charge in [0.25, 0.3) is 5.91 Å². The molecule has 0 radical (unpaired) electrons. The molecule has 0 unspecified atom stereocenters. The van der Waals surface area contributed by atoms with E-state index in [4.69, 9.17) is 4.74 Å². The average Bonchev–Trinajstić information content (AvgIpc) is 2.57. The number of nitrogens with one attached hydrogen (secondary N) is 2. The van der Waals surface area contributed by atoms with Crippen molar-refractivity contribution in [3.8, 4) is 5.75 Å². The SMILES string of the molecule is CCOc1ccccc1C(=O)NCC(=O)Nc1c(C)cccc1C. The Kier molecular flexibility index (Phi) is 5.95. The van der Waals surface area contributed by atoms with Crippen LogP contribution < -0.4 is 15.4 Å². The summed E-state index contributed by atoms with van der Waals surface area (Å²) in [5.74, 6) is -0.0991. The van der Waals surface area contributed by atoms with Gasteiger partial charge in [-0.1, -0.05) is 30.3 Å². The maximum absolute atomic E-state index is 12.3. The highest BCUT2D eigenvalue weighted by molar-refractivity contribution is 6.01. The fourth-order valence-electron chi connectivity index (χ4n) is 2.39. The molecule has 0 spiro atoms. The zero-order chi connectivity index (χ0) is 17.5. The van der Waals surface area contributed by atoms with E-state index < -0.39 is 0 Å². The summed E-state index contributed by atoms with van der Waals surface area (Å²) in [5.41, 5.74) is 3.17. The van der Waals surface area contributed by atoms with Gasteiger partial charge in [0.15, 0.2) is 0 Å². The molecular weight excluding hydrogens is 304 g/mol. The highest BCUT2D eigenvalue weighted by Crippen LogP contribution is 2.19. The van der Waals surface area contributed by atoms with Crippen LogP contribution in [0.4, 0.5) is 5.69 Å². The van der Waals surface area contributed by atoms with Gasteiger partial charge < -0.3 is 15.4 Å². The van der Waals surface area contributed by atoms with Gasteiger partial charge in [-0.15, -0.1) is 0 Å². The molecule has 0 bridgehead atoms. The van der Waals surface area contributed by atoms with Crippen LogP contribution in [0.3, 0.4) is 0 Å². The Morgan fingerprint density at radius 1 is 1.00 bits per heavy atom. The van der Waals surface area contributed by atoms with Crippen molar-refractivity contribution in [3.63, 3.8) is 0 Å². The van der Waals surface area contributed by atoms with E-state index in [9.17, 15) is 9.59 Å². The normalized spacial score (nSPS) is 10.1. The summed E-state index contributed by atoms with van der Waals surface area (Å²) in [4.78, 5) is 24.4. The maximum Gasteiger partial charge on any atom is 0.255 e. The minimum Gasteiger partial charge on any atom is -0.493 e. The fraction of sp³-hybridized carbons (Fsp3) is 0.263. The Balaban J connectivity index is 1.98. The summed E-state index contributed by atoms with van der Waals surface area (Å²) in [7, 11) is 0. The van der Waals surface area contributed by atoms with Crippen molar-refractivity contribution in [1.29, 1.82) is 0 Å². The molecule has 0 atom stereocenters. The van der Waals surface area contributed by atoms with Crippen LogP contribution in [0.15, 0.2) is 42.5 Å². The lowest BCUT2D eigenvalue weighted by Crippen LogP contribution is -2.33. The number of amides is 2. The van der Waals surface area contributed by atoms with Crippen molar-refractivity contribution < 1.29 is 14.3 Å². The van der Waals surface area contributed by atoms with Crippen molar-refractivity contribution in [3.05, 3.63) is 59.2 Å². The maximum atomic E-state index is 12.3. The number of carbonyl (C=O) groups excluding carboxylic acids is 2. The van der Waals surface area contributed by atoms with Crippen LogP contribution in [0.5, 0.6) is 5.75 Å². The van der Waals surface area contributed by atoms with Crippen molar-refractivity contribution in [1.82, 2.24) is 5.32 Å². The third kappa shape index (κ3) is 4.35. The zero-order valence-corrected chi connectivity index (χ0v) is 14.2. The van der Waals surface area contributed by atoms with E-state index in [1.54, 1.807) is 24.3 Å². The number of hydrogen-bond acceptors (Lipinski definition) is 3. The Morgan fingerprint density at radius 3 is 2.33 bits per heavy atom. The molecule has 24 heavy (non-hydrogen) atoms. The molecule has 0 fully saturated rings. The Labute approximate surface area is 142 Å². The molecule has 2 N–H and O–H groups in total. The van der Waals surface area contributed by atoms with Gasteiger partial charge in [-0.3, -0.25) is 9.59 Å². The summed E-state index contributed by atoms with van der Waals surface area (Å²) in [6, 6.07) is 12.8. The summed E-state index contributed by atoms with van der Waals surface area (Å²) >= 11 is 0. The summed E-state index contributed by atoms with van der Waals surface area (Å²) in [5, 5.41) is 5.47. The molecule has 0 aliphatic carbocycles. The average molecular weight is 326 g/mol. The Bertz CT molecular complexity index is 721. The second-order valence-electron chi connectivity index (χ2n) is 5.43. The second-order valence-corrected chi connectivity index (χ2v) is 5.43. The quantitative estimate of drug-likeness (QED) is 0.857. The number of para-hydroxylation sites is 2. The van der Waals surface area contributed by atoms with Crippen molar-refractivity contribution >= 4 is 17.5 Å². The zero-order valence-electron chi connectivity index (χ0n) is 14.2. The van der Waals surface area contributed by atoms with Crippen LogP contribution >= 0.6 is 0 Å². The predicted molar refractivity (Wildman–Crippen MR) is 94.5 cm³/mol. The molecule has 5 heteroatoms. The monoisotopic (exact) mass is 326 g/mol. The summed E-state index contributed by atoms with van der Waals surface area (Å²) in [6.45, 7) is 6.08. The lowest BCUT2D eigenvalue weighted by molar-refractivity contribution is -0.115. The molecule has 126 valence electrons. The number of ether oxygens (including phenoxy) is 1. The molecule has 0 saturated carbocycles. The summed E-state index contributed by atoms with van der Waals surface area (Å²) < 4.78 is 5.43. The van der Waals surface area contributed by atoms with Gasteiger partial charge in [0.1, 0.15) is 5.75 Å². The molecule has 0 heterocycles. The first-order valence-corrected chi connectivity index (χ1v) is 7.89. The van der Waals surface area contributed by atoms with Crippen molar-refractivity contribution in [2.75, 3.05) is 18.5 Å². The van der Waals surface area contributed by atoms with E-state index in [-0.39, 0.29) is 18.4 Å². The van der Waals surface area contributed by atoms with Crippen molar-refractivity contribution in [2.24, 2.45) is 0 Å². The Morgan fingerprint density at radius 2 is 1.67 bits per heavy atom. The first-order valence-electron chi connectivity index (χ1n) is 7.89. The number of hydrogen-bond donors (Lipinski definition) is 2. The molecule has 0 aliphatic heterocycles. The largest absolute Gasteiger partial charge is 0.493 e. The molecule has 5 nitrogen and oxygen atoms in total. The second kappa shape index (κ2) is 8.15. The lowest BCUT2D eigenvalue weighted by atomic mass is 10.1. The topological polar surface area (TPSA) is 67.4 Å². The van der Waals surface area contributed by atoms with Gasteiger partial charge in [-0.25, -0.2) is 0 Å². The van der Waals surface area contributed by atoms with E-state index in [0.29, 0.717) is 17.9 Å². The lowest BCUT2D eigenvalue weighted by Gasteiger charge is -2.13. The first kappa shape index (κ1) is 17.5. The van der Waals surface area contributed by atoms with E-state index in [1.165, 1.54) is 0 Å². The van der Waals surface area contributed by atoms with Gasteiger partial charge >= 0.3 is 0 Å². The standard InChI is InChI=1S/C19H22N2O3/c1-4-24-16-11-6-5-10-15(16)19(23)20-12-17(22)21-18-13(2)8-7-9-14(18)3/h5-11H,4,12H2,1-3H3,(H,20,23)(H,21,22). The highest BCUT2D eigenvalue weighted by Gasteiger charge is 2.13. The first-order chi connectivity index (χ1) is 11.5. The minimum atomic E-state index is -0.337. The number of anilines is 1. The van der Waals surface area contributed by atoms with Gasteiger partial charge in [0, 0.05) is 5.69 Å². The predicted octanol–water partition coefficient (Wildman–Crippen LogP) is 3.07. The molecular formula is C19H22N2O3. The smallest absolute Gasteiger partial charge is 0.255 e. The third-order valence-corrected chi connectivity index (χ3v) is 3.59. The van der Waals surface area contributed by atoms with E-state index >= 15 is 0 Å². The van der Waals surface area contributed by atoms with Gasteiger partial charge in [0.05, 0.1) is 18.7 Å². The van der Waals surface area contributed by atoms with E-state index in [1.807, 2.05) is 39.0 Å². The molecule has 0 saturated heterocycles. The van der Waals surface area contributed by atoms with Crippen LogP contribution in [0, 0.1) is 13.8 Å². The van der Waals surface area contributed by atoms with Crippen LogP contribution in [0.2, 0.25) is 0 Å².